The molecule has 2 nitrogen and oxygen atoms in total. The molecule has 0 aliphatic carbocycles. The van der Waals surface area contributed by atoms with Gasteiger partial charge in [-0.1, -0.05) is 0 Å². The van der Waals surface area contributed by atoms with Crippen LogP contribution in [0.25, 0.3) is 0 Å². The zero-order valence-corrected chi connectivity index (χ0v) is 7.39. The van der Waals surface area contributed by atoms with Crippen LogP contribution in [-0.4, -0.2) is 4.98 Å². The molecule has 0 N–H and O–H groups in total. The summed E-state index contributed by atoms with van der Waals surface area (Å²) < 4.78 is 38.0. The number of aryl methyl sites for hydroxylation is 1. The molecule has 1 heterocycles. The number of hydrogen-bond acceptors (Lipinski definition) is 2. The van der Waals surface area contributed by atoms with Gasteiger partial charge in [-0.2, -0.15) is 5.26 Å². The normalized spacial score (nSPS) is 10.3. The van der Waals surface area contributed by atoms with Crippen molar-refractivity contribution in [3.8, 4) is 6.07 Å². The lowest BCUT2D eigenvalue weighted by molar-refractivity contribution is 0.145. The Hall–Kier alpha value is -1.57. The van der Waals surface area contributed by atoms with Crippen LogP contribution >= 0.6 is 0 Å². The zero-order valence-electron chi connectivity index (χ0n) is 7.39. The van der Waals surface area contributed by atoms with E-state index in [0.717, 1.165) is 6.20 Å². The SMILES string of the molecule is Cc1ncc(CC#N)c(C(F)F)c1F. The molecule has 0 atom stereocenters. The molecule has 0 radical (unpaired) electrons. The smallest absolute Gasteiger partial charge is 0.258 e. The first-order valence-corrected chi connectivity index (χ1v) is 3.87. The average Bonchev–Trinajstić information content (AvgIpc) is 2.11. The molecule has 0 unspecified atom stereocenters. The third kappa shape index (κ3) is 1.84. The van der Waals surface area contributed by atoms with E-state index in [2.05, 4.69) is 4.98 Å². The van der Waals surface area contributed by atoms with Gasteiger partial charge in [0, 0.05) is 6.20 Å². The molecule has 0 bridgehead atoms. The molecule has 0 spiro atoms. The van der Waals surface area contributed by atoms with Gasteiger partial charge in [0.2, 0.25) is 0 Å². The van der Waals surface area contributed by atoms with Crippen molar-refractivity contribution in [1.29, 1.82) is 5.26 Å². The maximum absolute atomic E-state index is 13.2. The Morgan fingerprint density at radius 3 is 2.71 bits per heavy atom. The first-order chi connectivity index (χ1) is 6.57. The summed E-state index contributed by atoms with van der Waals surface area (Å²) in [5.74, 6) is -1.02. The van der Waals surface area contributed by atoms with Gasteiger partial charge in [0.25, 0.3) is 6.43 Å². The maximum atomic E-state index is 13.2. The van der Waals surface area contributed by atoms with Crippen molar-refractivity contribution in [1.82, 2.24) is 4.98 Å². The van der Waals surface area contributed by atoms with Crippen molar-refractivity contribution in [3.63, 3.8) is 0 Å². The lowest BCUT2D eigenvalue weighted by atomic mass is 10.1. The number of aromatic nitrogens is 1. The van der Waals surface area contributed by atoms with Crippen LogP contribution in [-0.2, 0) is 6.42 Å². The Bertz CT molecular complexity index is 382. The molecule has 0 amide bonds. The summed E-state index contributed by atoms with van der Waals surface area (Å²) in [4.78, 5) is 3.58. The van der Waals surface area contributed by atoms with Gasteiger partial charge in [0.1, 0.15) is 0 Å². The minimum atomic E-state index is -2.92. The second-order valence-corrected chi connectivity index (χ2v) is 2.73. The fourth-order valence-corrected chi connectivity index (χ4v) is 1.10. The van der Waals surface area contributed by atoms with Crippen LogP contribution in [0.15, 0.2) is 6.20 Å². The predicted octanol–water partition coefficient (Wildman–Crippen LogP) is 2.53. The average molecular weight is 200 g/mol. The molecule has 0 aliphatic rings. The number of rotatable bonds is 2. The fraction of sp³-hybridized carbons (Fsp3) is 0.333. The summed E-state index contributed by atoms with van der Waals surface area (Å²) in [6, 6.07) is 1.69. The Morgan fingerprint density at radius 1 is 1.57 bits per heavy atom. The van der Waals surface area contributed by atoms with E-state index >= 15 is 0 Å². The maximum Gasteiger partial charge on any atom is 0.267 e. The van der Waals surface area contributed by atoms with E-state index in [-0.39, 0.29) is 17.7 Å². The molecule has 5 heteroatoms. The summed E-state index contributed by atoms with van der Waals surface area (Å²) in [5, 5.41) is 8.34. The third-order valence-corrected chi connectivity index (χ3v) is 1.80. The molecule has 0 saturated heterocycles. The van der Waals surface area contributed by atoms with Crippen molar-refractivity contribution in [2.45, 2.75) is 19.8 Å². The molecule has 0 aromatic carbocycles. The van der Waals surface area contributed by atoms with Crippen LogP contribution in [0.5, 0.6) is 0 Å². The molecule has 1 aromatic rings. The summed E-state index contributed by atoms with van der Waals surface area (Å²) in [5.41, 5.74) is -0.841. The number of hydrogen-bond donors (Lipinski definition) is 0. The van der Waals surface area contributed by atoms with Gasteiger partial charge in [-0.05, 0) is 12.5 Å². The lowest BCUT2D eigenvalue weighted by Crippen LogP contribution is -2.02. The monoisotopic (exact) mass is 200 g/mol. The highest BCUT2D eigenvalue weighted by Gasteiger charge is 2.20. The highest BCUT2D eigenvalue weighted by molar-refractivity contribution is 5.31. The van der Waals surface area contributed by atoms with Crippen LogP contribution in [0, 0.1) is 24.1 Å². The van der Waals surface area contributed by atoms with Crippen molar-refractivity contribution >= 4 is 0 Å². The van der Waals surface area contributed by atoms with Crippen LogP contribution in [0.3, 0.4) is 0 Å². The Labute approximate surface area is 79.0 Å². The van der Waals surface area contributed by atoms with Crippen molar-refractivity contribution < 1.29 is 13.2 Å². The van der Waals surface area contributed by atoms with E-state index in [0.29, 0.717) is 0 Å². The van der Waals surface area contributed by atoms with Crippen molar-refractivity contribution in [2.75, 3.05) is 0 Å². The number of nitriles is 1. The van der Waals surface area contributed by atoms with Gasteiger partial charge in [-0.25, -0.2) is 13.2 Å². The summed E-state index contributed by atoms with van der Waals surface area (Å²) >= 11 is 0. The van der Waals surface area contributed by atoms with Gasteiger partial charge in [-0.3, -0.25) is 4.98 Å². The van der Waals surface area contributed by atoms with E-state index in [1.807, 2.05) is 0 Å². The molecule has 1 aromatic heterocycles. The standard InChI is InChI=1S/C9H7F3N2/c1-5-8(10)7(9(11)12)6(2-3-13)4-14-5/h4,9H,2H2,1H3. The lowest BCUT2D eigenvalue weighted by Gasteiger charge is -2.08. The summed E-state index contributed by atoms with van der Waals surface area (Å²) in [6.07, 6.45) is -2.06. The Balaban J connectivity index is 3.31. The molecule has 74 valence electrons. The molecule has 14 heavy (non-hydrogen) atoms. The van der Waals surface area contributed by atoms with Crippen molar-refractivity contribution in [2.24, 2.45) is 0 Å². The van der Waals surface area contributed by atoms with E-state index in [9.17, 15) is 13.2 Å². The van der Waals surface area contributed by atoms with E-state index < -0.39 is 17.8 Å². The van der Waals surface area contributed by atoms with Gasteiger partial charge in [0.15, 0.2) is 5.82 Å². The van der Waals surface area contributed by atoms with Gasteiger partial charge in [-0.15, -0.1) is 0 Å². The topological polar surface area (TPSA) is 36.7 Å². The van der Waals surface area contributed by atoms with Gasteiger partial charge < -0.3 is 0 Å². The largest absolute Gasteiger partial charge is 0.267 e. The number of nitrogens with zero attached hydrogens (tertiary/aromatic N) is 2. The summed E-state index contributed by atoms with van der Waals surface area (Å²) in [7, 11) is 0. The molecule has 0 saturated carbocycles. The molecular formula is C9H7F3N2. The van der Waals surface area contributed by atoms with Gasteiger partial charge >= 0.3 is 0 Å². The van der Waals surface area contributed by atoms with Crippen LogP contribution in [0.4, 0.5) is 13.2 Å². The summed E-state index contributed by atoms with van der Waals surface area (Å²) in [6.45, 7) is 1.30. The Kier molecular flexibility index (Phi) is 3.07. The second-order valence-electron chi connectivity index (χ2n) is 2.73. The van der Waals surface area contributed by atoms with Crippen LogP contribution in [0.1, 0.15) is 23.2 Å². The minimum Gasteiger partial charge on any atom is -0.258 e. The molecule has 0 aliphatic heterocycles. The Morgan fingerprint density at radius 2 is 2.21 bits per heavy atom. The number of halogens is 3. The van der Waals surface area contributed by atoms with E-state index in [4.69, 9.17) is 5.26 Å². The first kappa shape index (κ1) is 10.5. The molecular weight excluding hydrogens is 193 g/mol. The molecule has 1 rings (SSSR count). The molecule has 0 fully saturated rings. The second kappa shape index (κ2) is 4.09. The zero-order chi connectivity index (χ0) is 10.7. The van der Waals surface area contributed by atoms with E-state index in [1.54, 1.807) is 6.07 Å². The quantitative estimate of drug-likeness (QED) is 0.735. The van der Waals surface area contributed by atoms with Gasteiger partial charge in [0.05, 0.1) is 23.7 Å². The van der Waals surface area contributed by atoms with Crippen LogP contribution < -0.4 is 0 Å². The number of alkyl halides is 2. The highest BCUT2D eigenvalue weighted by atomic mass is 19.3. The first-order valence-electron chi connectivity index (χ1n) is 3.87. The number of pyridine rings is 1. The van der Waals surface area contributed by atoms with Crippen LogP contribution in [0.2, 0.25) is 0 Å². The minimum absolute atomic E-state index is 0.0504. The third-order valence-electron chi connectivity index (χ3n) is 1.80. The predicted molar refractivity (Wildman–Crippen MR) is 43.2 cm³/mol. The fourth-order valence-electron chi connectivity index (χ4n) is 1.10. The van der Waals surface area contributed by atoms with E-state index in [1.165, 1.54) is 6.92 Å². The highest BCUT2D eigenvalue weighted by Crippen LogP contribution is 2.26. The van der Waals surface area contributed by atoms with Crippen molar-refractivity contribution in [3.05, 3.63) is 28.8 Å².